The van der Waals surface area contributed by atoms with Gasteiger partial charge in [-0.05, 0) is 23.8 Å². The molecule has 106 valence electrons. The molecule has 0 radical (unpaired) electrons. The highest BCUT2D eigenvalue weighted by Gasteiger charge is 2.43. The van der Waals surface area contributed by atoms with Crippen molar-refractivity contribution in [3.05, 3.63) is 72.5 Å². The molecule has 2 aromatic carbocycles. The number of rotatable bonds is 2. The number of nitrogens with zero attached hydrogens (tertiary/aromatic N) is 1. The third kappa shape index (κ3) is 2.05. The molecule has 0 N–H and O–H groups in total. The van der Waals surface area contributed by atoms with E-state index in [0.717, 1.165) is 18.0 Å². The van der Waals surface area contributed by atoms with E-state index in [9.17, 15) is 0 Å². The molecule has 0 fully saturated rings. The molecule has 0 saturated heterocycles. The lowest BCUT2D eigenvalue weighted by atomic mass is 9.96. The molecule has 3 heteroatoms. The van der Waals surface area contributed by atoms with E-state index in [1.807, 2.05) is 18.2 Å². The van der Waals surface area contributed by atoms with Gasteiger partial charge in [-0.15, -0.1) is 0 Å². The van der Waals surface area contributed by atoms with Crippen molar-refractivity contribution in [2.24, 2.45) is 0 Å². The van der Waals surface area contributed by atoms with Crippen molar-refractivity contribution in [1.29, 1.82) is 0 Å². The Hall–Kier alpha value is -2.42. The Labute approximate surface area is 124 Å². The first-order chi connectivity index (χ1) is 10.4. The lowest BCUT2D eigenvalue weighted by Crippen LogP contribution is -2.55. The Morgan fingerprint density at radius 3 is 2.57 bits per heavy atom. The average molecular weight is 279 g/mol. The maximum Gasteiger partial charge on any atom is 0.142 e. The third-order valence-electron chi connectivity index (χ3n) is 4.16. The van der Waals surface area contributed by atoms with Crippen LogP contribution in [0.2, 0.25) is 0 Å². The largest absolute Gasteiger partial charge is 0.498 e. The van der Waals surface area contributed by atoms with E-state index in [2.05, 4.69) is 47.4 Å². The van der Waals surface area contributed by atoms with Crippen LogP contribution in [0.15, 0.2) is 66.9 Å². The summed E-state index contributed by atoms with van der Waals surface area (Å²) < 4.78 is 11.5. The van der Waals surface area contributed by atoms with Gasteiger partial charge >= 0.3 is 0 Å². The quantitative estimate of drug-likeness (QED) is 0.841. The van der Waals surface area contributed by atoms with Crippen molar-refractivity contribution < 1.29 is 9.47 Å². The van der Waals surface area contributed by atoms with Crippen LogP contribution in [-0.4, -0.2) is 18.8 Å². The van der Waals surface area contributed by atoms with E-state index < -0.39 is 0 Å². The molecular formula is C18H17NO2. The van der Waals surface area contributed by atoms with Crippen LogP contribution < -0.4 is 9.64 Å². The number of anilines is 1. The van der Waals surface area contributed by atoms with E-state index in [4.69, 9.17) is 9.47 Å². The Bertz CT molecular complexity index is 668. The number of fused-ring (bicyclic) bond motifs is 1. The second kappa shape index (κ2) is 4.85. The molecule has 21 heavy (non-hydrogen) atoms. The number of ether oxygens (including phenoxy) is 2. The monoisotopic (exact) mass is 279 g/mol. The van der Waals surface area contributed by atoms with E-state index in [1.165, 1.54) is 5.56 Å². The average Bonchev–Trinajstić information content (AvgIpc) is 3.01. The van der Waals surface area contributed by atoms with Gasteiger partial charge in [0.2, 0.25) is 0 Å². The minimum Gasteiger partial charge on any atom is -0.498 e. The molecule has 2 heterocycles. The van der Waals surface area contributed by atoms with E-state index in [1.54, 1.807) is 6.26 Å². The molecule has 1 spiro atoms. The van der Waals surface area contributed by atoms with Crippen LogP contribution in [0.25, 0.3) is 0 Å². The molecule has 3 nitrogen and oxygen atoms in total. The molecule has 1 atom stereocenters. The smallest absolute Gasteiger partial charge is 0.142 e. The van der Waals surface area contributed by atoms with Gasteiger partial charge in [-0.3, -0.25) is 0 Å². The highest BCUT2D eigenvalue weighted by atomic mass is 16.5. The molecule has 0 saturated carbocycles. The summed E-state index contributed by atoms with van der Waals surface area (Å²) >= 11 is 0. The fraction of sp³-hybridized carbons (Fsp3) is 0.222. The first-order valence-electron chi connectivity index (χ1n) is 7.20. The molecule has 0 aromatic heterocycles. The summed E-state index contributed by atoms with van der Waals surface area (Å²) in [5.74, 6) is 0.944. The van der Waals surface area contributed by atoms with Crippen LogP contribution in [0.4, 0.5) is 5.69 Å². The van der Waals surface area contributed by atoms with E-state index in [-0.39, 0.29) is 5.54 Å². The predicted molar refractivity (Wildman–Crippen MR) is 82.4 cm³/mol. The Morgan fingerprint density at radius 1 is 0.952 bits per heavy atom. The van der Waals surface area contributed by atoms with Gasteiger partial charge in [0.1, 0.15) is 24.5 Å². The topological polar surface area (TPSA) is 21.7 Å². The summed E-state index contributed by atoms with van der Waals surface area (Å²) in [6.07, 6.45) is 3.90. The number of benzene rings is 2. The van der Waals surface area contributed by atoms with Crippen molar-refractivity contribution in [3.8, 4) is 5.75 Å². The van der Waals surface area contributed by atoms with Crippen molar-refractivity contribution in [3.63, 3.8) is 0 Å². The van der Waals surface area contributed by atoms with Crippen LogP contribution in [-0.2, 0) is 11.3 Å². The molecule has 4 rings (SSSR count). The lowest BCUT2D eigenvalue weighted by molar-refractivity contribution is 0.155. The maximum absolute atomic E-state index is 5.96. The first kappa shape index (κ1) is 12.3. The van der Waals surface area contributed by atoms with Crippen LogP contribution in [0.3, 0.4) is 0 Å². The van der Waals surface area contributed by atoms with Crippen LogP contribution in [0.5, 0.6) is 5.75 Å². The second-order valence-electron chi connectivity index (χ2n) is 5.55. The van der Waals surface area contributed by atoms with Crippen LogP contribution in [0.1, 0.15) is 5.56 Å². The molecule has 0 unspecified atom stereocenters. The van der Waals surface area contributed by atoms with Gasteiger partial charge in [0.15, 0.2) is 0 Å². The molecule has 0 aliphatic carbocycles. The Balaban J connectivity index is 1.77. The standard InChI is InChI=1S/C18H17NO2/c1-2-6-15(7-3-1)12-19-16-8-4-5-9-17(16)21-14-18(19)10-11-20-13-18/h1-11H,12-14H2/t18-/m0/s1. The van der Waals surface area contributed by atoms with Gasteiger partial charge in [0.25, 0.3) is 0 Å². The normalized spacial score (nSPS) is 22.8. The van der Waals surface area contributed by atoms with Crippen LogP contribution >= 0.6 is 0 Å². The summed E-state index contributed by atoms with van der Waals surface area (Å²) in [6, 6.07) is 18.7. The minimum atomic E-state index is -0.204. The van der Waals surface area contributed by atoms with Gasteiger partial charge in [-0.1, -0.05) is 42.5 Å². The van der Waals surface area contributed by atoms with Gasteiger partial charge in [-0.2, -0.15) is 0 Å². The summed E-state index contributed by atoms with van der Waals surface area (Å²) in [4.78, 5) is 2.39. The van der Waals surface area contributed by atoms with E-state index in [0.29, 0.717) is 13.2 Å². The minimum absolute atomic E-state index is 0.204. The zero-order valence-electron chi connectivity index (χ0n) is 11.7. The third-order valence-corrected chi connectivity index (χ3v) is 4.16. The van der Waals surface area contributed by atoms with Gasteiger partial charge in [0.05, 0.1) is 11.9 Å². The van der Waals surface area contributed by atoms with Gasteiger partial charge in [-0.25, -0.2) is 0 Å². The van der Waals surface area contributed by atoms with Crippen molar-refractivity contribution >= 4 is 5.69 Å². The van der Waals surface area contributed by atoms with Crippen LogP contribution in [0, 0.1) is 0 Å². The van der Waals surface area contributed by atoms with Gasteiger partial charge < -0.3 is 14.4 Å². The van der Waals surface area contributed by atoms with Gasteiger partial charge in [0, 0.05) is 6.54 Å². The first-order valence-corrected chi connectivity index (χ1v) is 7.20. The zero-order chi connectivity index (χ0) is 14.1. The summed E-state index contributed by atoms with van der Waals surface area (Å²) in [5.41, 5.74) is 2.21. The lowest BCUT2D eigenvalue weighted by Gasteiger charge is -2.44. The summed E-state index contributed by atoms with van der Waals surface area (Å²) in [6.45, 7) is 2.09. The number of para-hydroxylation sites is 2. The van der Waals surface area contributed by atoms with Crippen molar-refractivity contribution in [2.45, 2.75) is 12.1 Å². The predicted octanol–water partition coefficient (Wildman–Crippen LogP) is 3.37. The summed E-state index contributed by atoms with van der Waals surface area (Å²) in [7, 11) is 0. The molecule has 2 aliphatic heterocycles. The number of hydrogen-bond acceptors (Lipinski definition) is 3. The Morgan fingerprint density at radius 2 is 1.76 bits per heavy atom. The highest BCUT2D eigenvalue weighted by molar-refractivity contribution is 5.63. The molecule has 0 bridgehead atoms. The number of hydrogen-bond donors (Lipinski definition) is 0. The SMILES string of the molecule is C1=C[C@]2(CO1)COc1ccccc1N2Cc1ccccc1. The highest BCUT2D eigenvalue weighted by Crippen LogP contribution is 2.41. The fourth-order valence-electron chi connectivity index (χ4n) is 3.00. The summed E-state index contributed by atoms with van der Waals surface area (Å²) in [5, 5.41) is 0. The zero-order valence-corrected chi connectivity index (χ0v) is 11.7. The molecule has 2 aromatic rings. The van der Waals surface area contributed by atoms with Crippen molar-refractivity contribution in [2.75, 3.05) is 18.1 Å². The Kier molecular flexibility index (Phi) is 2.85. The fourth-order valence-corrected chi connectivity index (χ4v) is 3.00. The maximum atomic E-state index is 5.96. The molecule has 0 amide bonds. The van der Waals surface area contributed by atoms with E-state index >= 15 is 0 Å². The second-order valence-corrected chi connectivity index (χ2v) is 5.55. The molecular weight excluding hydrogens is 262 g/mol. The van der Waals surface area contributed by atoms with Crippen molar-refractivity contribution in [1.82, 2.24) is 0 Å². The molecule has 2 aliphatic rings.